The third-order valence-corrected chi connectivity index (χ3v) is 1.98. The van der Waals surface area contributed by atoms with Crippen molar-refractivity contribution >= 4 is 0 Å². The molecule has 10 heteroatoms. The molecule has 1 heterocycles. The van der Waals surface area contributed by atoms with Gasteiger partial charge in [-0.2, -0.15) is 26.5 Å². The Bertz CT molecular complexity index is 412. The second kappa shape index (κ2) is 3.57. The van der Waals surface area contributed by atoms with Gasteiger partial charge in [-0.05, 0) is 0 Å². The molecule has 1 aromatic rings. The lowest BCUT2D eigenvalue weighted by Crippen LogP contribution is -2.50. The SMILES string of the molecule is Cc1n(C(F)(F)C(F)(F)F)cc[n+]1C(F)(F)F. The van der Waals surface area contributed by atoms with E-state index in [0.29, 0.717) is 6.92 Å². The second-order valence-electron chi connectivity index (χ2n) is 3.09. The minimum absolute atomic E-state index is 0.0241. The van der Waals surface area contributed by atoms with Gasteiger partial charge in [-0.1, -0.05) is 0 Å². The Labute approximate surface area is 89.1 Å². The van der Waals surface area contributed by atoms with E-state index in [1.165, 1.54) is 0 Å². The Hall–Kier alpha value is -1.35. The molecule has 0 unspecified atom stereocenters. The van der Waals surface area contributed by atoms with Crippen LogP contribution in [-0.2, 0) is 12.3 Å². The zero-order chi connectivity index (χ0) is 13.6. The standard InChI is InChI=1S/C7H5F8N2/c1-4-16(6(11,12)5(8,9)10)2-3-17(4)7(13,14)15/h2-3H,1H3/q+1. The summed E-state index contributed by atoms with van der Waals surface area (Å²) in [5, 5.41) is 0. The van der Waals surface area contributed by atoms with Crippen LogP contribution < -0.4 is 4.57 Å². The van der Waals surface area contributed by atoms with E-state index in [0.717, 1.165) is 0 Å². The Morgan fingerprint density at radius 1 is 1.00 bits per heavy atom. The molecular weight excluding hydrogens is 264 g/mol. The van der Waals surface area contributed by atoms with E-state index < -0.39 is 33.5 Å². The largest absolute Gasteiger partial charge is 0.567 e. The van der Waals surface area contributed by atoms with Crippen molar-refractivity contribution in [3.63, 3.8) is 0 Å². The van der Waals surface area contributed by atoms with E-state index in [4.69, 9.17) is 0 Å². The Kier molecular flexibility index (Phi) is 2.88. The fourth-order valence-electron chi connectivity index (χ4n) is 1.17. The highest BCUT2D eigenvalue weighted by molar-refractivity contribution is 4.88. The Balaban J connectivity index is 3.32. The Morgan fingerprint density at radius 2 is 1.47 bits per heavy atom. The molecular formula is C7H5F8N2+. The highest BCUT2D eigenvalue weighted by atomic mass is 19.4. The van der Waals surface area contributed by atoms with E-state index in [-0.39, 0.29) is 12.4 Å². The zero-order valence-electron chi connectivity index (χ0n) is 8.07. The number of rotatable bonds is 1. The van der Waals surface area contributed by atoms with Gasteiger partial charge in [-0.3, -0.25) is 0 Å². The third kappa shape index (κ3) is 2.20. The number of imidazole rings is 1. The molecule has 0 saturated heterocycles. The summed E-state index contributed by atoms with van der Waals surface area (Å²) in [4.78, 5) is 0. The van der Waals surface area contributed by atoms with Gasteiger partial charge in [0.05, 0.1) is 0 Å². The van der Waals surface area contributed by atoms with Crippen molar-refractivity contribution in [3.8, 4) is 0 Å². The Morgan fingerprint density at radius 3 is 1.76 bits per heavy atom. The zero-order valence-corrected chi connectivity index (χ0v) is 8.07. The van der Waals surface area contributed by atoms with Gasteiger partial charge in [0.25, 0.3) is 5.82 Å². The number of alkyl halides is 8. The maximum Gasteiger partial charge on any atom is 0.567 e. The van der Waals surface area contributed by atoms with Crippen LogP contribution in [0.15, 0.2) is 12.4 Å². The normalized spacial score (nSPS) is 14.2. The van der Waals surface area contributed by atoms with Crippen molar-refractivity contribution in [2.24, 2.45) is 0 Å². The van der Waals surface area contributed by atoms with Gasteiger partial charge in [0, 0.05) is 6.92 Å². The molecule has 0 N–H and O–H groups in total. The summed E-state index contributed by atoms with van der Waals surface area (Å²) in [6.45, 7) is 0.507. The molecule has 0 aromatic carbocycles. The number of hydrogen-bond acceptors (Lipinski definition) is 0. The number of aromatic nitrogens is 2. The van der Waals surface area contributed by atoms with E-state index in [1.54, 1.807) is 0 Å². The maximum absolute atomic E-state index is 12.8. The van der Waals surface area contributed by atoms with Crippen LogP contribution in [0, 0.1) is 6.92 Å². The van der Waals surface area contributed by atoms with Crippen LogP contribution in [0.25, 0.3) is 0 Å². The lowest BCUT2D eigenvalue weighted by Gasteiger charge is -2.16. The smallest absolute Gasteiger partial charge is 0.163 e. The minimum Gasteiger partial charge on any atom is -0.163 e. The van der Waals surface area contributed by atoms with Crippen molar-refractivity contribution in [1.82, 2.24) is 4.57 Å². The first-order chi connectivity index (χ1) is 7.39. The molecule has 0 fully saturated rings. The average Bonchev–Trinajstić information content (AvgIpc) is 2.43. The van der Waals surface area contributed by atoms with Gasteiger partial charge in [-0.25, -0.2) is 0 Å². The van der Waals surface area contributed by atoms with Gasteiger partial charge < -0.3 is 0 Å². The lowest BCUT2D eigenvalue weighted by atomic mass is 10.5. The predicted octanol–water partition coefficient (Wildman–Crippen LogP) is 2.67. The van der Waals surface area contributed by atoms with Gasteiger partial charge in [0.2, 0.25) is 0 Å². The third-order valence-electron chi connectivity index (χ3n) is 1.98. The topological polar surface area (TPSA) is 8.81 Å². The molecule has 0 amide bonds. The average molecular weight is 269 g/mol. The van der Waals surface area contributed by atoms with Crippen LogP contribution in [0.3, 0.4) is 0 Å². The summed E-state index contributed by atoms with van der Waals surface area (Å²) in [7, 11) is 0. The van der Waals surface area contributed by atoms with Crippen molar-refractivity contribution < 1.29 is 39.7 Å². The molecule has 0 aliphatic rings. The number of hydrogen-bond donors (Lipinski definition) is 0. The molecule has 0 atom stereocenters. The monoisotopic (exact) mass is 269 g/mol. The molecule has 0 aliphatic carbocycles. The summed E-state index contributed by atoms with van der Waals surface area (Å²) in [5.41, 5.74) is 0. The molecule has 0 spiro atoms. The predicted molar refractivity (Wildman–Crippen MR) is 36.9 cm³/mol. The van der Waals surface area contributed by atoms with E-state index >= 15 is 0 Å². The fraction of sp³-hybridized carbons (Fsp3) is 0.571. The maximum atomic E-state index is 12.8. The summed E-state index contributed by atoms with van der Waals surface area (Å²) in [6.07, 6.45) is -10.9. The van der Waals surface area contributed by atoms with Gasteiger partial charge in [0.15, 0.2) is 0 Å². The number of halogens is 8. The molecule has 98 valence electrons. The van der Waals surface area contributed by atoms with Crippen LogP contribution >= 0.6 is 0 Å². The molecule has 1 rings (SSSR count). The second-order valence-corrected chi connectivity index (χ2v) is 3.09. The van der Waals surface area contributed by atoms with E-state index in [1.807, 2.05) is 0 Å². The minimum atomic E-state index is -5.97. The van der Waals surface area contributed by atoms with Crippen LogP contribution in [0.4, 0.5) is 35.1 Å². The van der Waals surface area contributed by atoms with Crippen molar-refractivity contribution in [3.05, 3.63) is 18.2 Å². The molecule has 2 nitrogen and oxygen atoms in total. The number of nitrogens with zero attached hydrogens (tertiary/aromatic N) is 2. The first-order valence-electron chi connectivity index (χ1n) is 4.01. The quantitative estimate of drug-likeness (QED) is 0.547. The summed E-state index contributed by atoms with van der Waals surface area (Å²) < 4.78 is 96.5. The van der Waals surface area contributed by atoms with Crippen molar-refractivity contribution in [1.29, 1.82) is 0 Å². The summed E-state index contributed by atoms with van der Waals surface area (Å²) in [5.74, 6) is -1.28. The fourth-order valence-corrected chi connectivity index (χ4v) is 1.17. The van der Waals surface area contributed by atoms with Gasteiger partial charge >= 0.3 is 18.5 Å². The summed E-state index contributed by atoms with van der Waals surface area (Å²) >= 11 is 0. The van der Waals surface area contributed by atoms with E-state index in [2.05, 4.69) is 0 Å². The van der Waals surface area contributed by atoms with Crippen LogP contribution in [0.5, 0.6) is 0 Å². The first-order valence-corrected chi connectivity index (χ1v) is 4.01. The van der Waals surface area contributed by atoms with Crippen molar-refractivity contribution in [2.75, 3.05) is 0 Å². The van der Waals surface area contributed by atoms with E-state index in [9.17, 15) is 35.1 Å². The van der Waals surface area contributed by atoms with Gasteiger partial charge in [-0.15, -0.1) is 17.7 Å². The van der Waals surface area contributed by atoms with Crippen LogP contribution in [0.2, 0.25) is 0 Å². The molecule has 1 aromatic heterocycles. The molecule has 0 aliphatic heterocycles. The molecule has 0 radical (unpaired) electrons. The van der Waals surface area contributed by atoms with Crippen LogP contribution in [0.1, 0.15) is 5.82 Å². The highest BCUT2D eigenvalue weighted by Crippen LogP contribution is 2.40. The summed E-state index contributed by atoms with van der Waals surface area (Å²) in [6, 6.07) is -5.40. The molecule has 0 saturated carbocycles. The van der Waals surface area contributed by atoms with Gasteiger partial charge in [0.1, 0.15) is 12.4 Å². The highest BCUT2D eigenvalue weighted by Gasteiger charge is 2.65. The first kappa shape index (κ1) is 13.7. The molecule has 17 heavy (non-hydrogen) atoms. The van der Waals surface area contributed by atoms with Crippen molar-refractivity contribution in [2.45, 2.75) is 25.4 Å². The van der Waals surface area contributed by atoms with Crippen LogP contribution in [-0.4, -0.2) is 10.7 Å². The lowest BCUT2D eigenvalue weighted by molar-refractivity contribution is -0.858. The molecule has 0 bridgehead atoms.